The number of hydrogen-bond acceptors (Lipinski definition) is 5. The maximum atomic E-state index is 12.4. The monoisotopic (exact) mass is 335 g/mol. The highest BCUT2D eigenvalue weighted by Gasteiger charge is 2.34. The summed E-state index contributed by atoms with van der Waals surface area (Å²) in [7, 11) is 0. The van der Waals surface area contributed by atoms with Gasteiger partial charge in [0, 0.05) is 25.2 Å². The molecule has 0 aromatic carbocycles. The van der Waals surface area contributed by atoms with Gasteiger partial charge in [0.2, 0.25) is 0 Å². The Morgan fingerprint density at radius 3 is 2.91 bits per heavy atom. The predicted molar refractivity (Wildman–Crippen MR) is 88.7 cm³/mol. The number of aryl methyl sites for hydroxylation is 1. The molecule has 1 fully saturated rings. The van der Waals surface area contributed by atoms with E-state index in [0.717, 1.165) is 22.8 Å². The molecule has 3 heterocycles. The molecule has 1 aliphatic heterocycles. The highest BCUT2D eigenvalue weighted by Crippen LogP contribution is 2.32. The summed E-state index contributed by atoms with van der Waals surface area (Å²) in [5.74, 6) is 1.55. The van der Waals surface area contributed by atoms with Gasteiger partial charge in [0.25, 0.3) is 5.91 Å². The van der Waals surface area contributed by atoms with Gasteiger partial charge in [-0.15, -0.1) is 11.3 Å². The molecule has 1 aliphatic rings. The smallest absolute Gasteiger partial charge is 0.261 e. The van der Waals surface area contributed by atoms with Gasteiger partial charge in [-0.1, -0.05) is 0 Å². The third-order valence-corrected chi connectivity index (χ3v) is 5.36. The molecule has 0 unspecified atom stereocenters. The Hall–Kier alpha value is -1.63. The molecule has 124 valence electrons. The molecule has 1 atom stereocenters. The van der Waals surface area contributed by atoms with Gasteiger partial charge in [-0.25, -0.2) is 0 Å². The number of nitrogens with one attached hydrogen (secondary N) is 1. The van der Waals surface area contributed by atoms with Crippen molar-refractivity contribution in [3.63, 3.8) is 0 Å². The van der Waals surface area contributed by atoms with Crippen LogP contribution in [0.5, 0.6) is 0 Å². The van der Waals surface area contributed by atoms with E-state index in [0.29, 0.717) is 31.1 Å². The number of carbonyl (C=O) groups is 1. The highest BCUT2D eigenvalue weighted by atomic mass is 32.1. The zero-order chi connectivity index (χ0) is 16.3. The molecule has 2 N–H and O–H groups in total. The molecule has 0 radical (unpaired) electrons. The lowest BCUT2D eigenvalue weighted by Crippen LogP contribution is -2.38. The molecule has 0 spiro atoms. The van der Waals surface area contributed by atoms with Crippen molar-refractivity contribution in [2.24, 2.45) is 5.41 Å². The van der Waals surface area contributed by atoms with Crippen LogP contribution in [0.3, 0.4) is 0 Å². The van der Waals surface area contributed by atoms with E-state index >= 15 is 0 Å². The van der Waals surface area contributed by atoms with Crippen molar-refractivity contribution in [3.05, 3.63) is 34.9 Å². The summed E-state index contributed by atoms with van der Waals surface area (Å²) in [5, 5.41) is 12.2. The average Bonchev–Trinajstić information content (AvgIpc) is 3.25. The van der Waals surface area contributed by atoms with Gasteiger partial charge in [0.1, 0.15) is 11.5 Å². The minimum absolute atomic E-state index is 0.0891. The van der Waals surface area contributed by atoms with E-state index in [1.54, 1.807) is 0 Å². The number of thiophene rings is 1. The Kier molecular flexibility index (Phi) is 4.84. The quantitative estimate of drug-likeness (QED) is 0.851. The Morgan fingerprint density at radius 1 is 1.39 bits per heavy atom. The maximum Gasteiger partial charge on any atom is 0.261 e. The van der Waals surface area contributed by atoms with Crippen molar-refractivity contribution in [2.45, 2.75) is 19.8 Å². The van der Waals surface area contributed by atoms with Crippen molar-refractivity contribution >= 4 is 17.2 Å². The second-order valence-corrected chi connectivity index (χ2v) is 7.12. The van der Waals surface area contributed by atoms with Crippen molar-refractivity contribution in [1.29, 1.82) is 0 Å². The van der Waals surface area contributed by atoms with Crippen LogP contribution in [-0.2, 0) is 4.74 Å². The lowest BCUT2D eigenvalue weighted by molar-refractivity contribution is 0.0893. The predicted octanol–water partition coefficient (Wildman–Crippen LogP) is 2.84. The fourth-order valence-electron chi connectivity index (χ4n) is 2.83. The molecule has 2 aromatic rings. The van der Waals surface area contributed by atoms with Gasteiger partial charge in [-0.3, -0.25) is 4.79 Å². The highest BCUT2D eigenvalue weighted by molar-refractivity contribution is 7.17. The number of carbonyl (C=O) groups excluding carboxylic acids is 1. The minimum atomic E-state index is -0.136. The topological polar surface area (TPSA) is 71.7 Å². The van der Waals surface area contributed by atoms with Crippen LogP contribution in [0.1, 0.15) is 28.3 Å². The lowest BCUT2D eigenvalue weighted by Gasteiger charge is -2.26. The average molecular weight is 335 g/mol. The molecular formula is C17H21NO4S. The molecule has 23 heavy (non-hydrogen) atoms. The van der Waals surface area contributed by atoms with E-state index in [1.165, 1.54) is 11.3 Å². The van der Waals surface area contributed by atoms with Crippen molar-refractivity contribution in [2.75, 3.05) is 26.4 Å². The molecule has 1 saturated heterocycles. The van der Waals surface area contributed by atoms with Crippen LogP contribution in [0.4, 0.5) is 0 Å². The molecule has 0 bridgehead atoms. The molecule has 0 aliphatic carbocycles. The molecule has 1 amide bonds. The maximum absolute atomic E-state index is 12.4. The van der Waals surface area contributed by atoms with Gasteiger partial charge in [0.15, 0.2) is 0 Å². The van der Waals surface area contributed by atoms with Crippen LogP contribution in [0.2, 0.25) is 0 Å². The Morgan fingerprint density at radius 2 is 2.26 bits per heavy atom. The number of rotatable bonds is 6. The van der Waals surface area contributed by atoms with Crippen molar-refractivity contribution in [1.82, 2.24) is 5.32 Å². The Balaban J connectivity index is 1.63. The molecular weight excluding hydrogens is 314 g/mol. The number of aliphatic hydroxyl groups is 1. The first-order chi connectivity index (χ1) is 11.1. The SMILES string of the molecule is Cc1ccc(-c2ccc(C(=O)NC[C@@]3(CCO)CCOC3)s2)o1. The van der Waals surface area contributed by atoms with Crippen LogP contribution >= 0.6 is 11.3 Å². The van der Waals surface area contributed by atoms with Gasteiger partial charge in [-0.2, -0.15) is 0 Å². The van der Waals surface area contributed by atoms with Gasteiger partial charge in [-0.05, 0) is 44.0 Å². The van der Waals surface area contributed by atoms with Crippen LogP contribution in [0.25, 0.3) is 10.6 Å². The fraction of sp³-hybridized carbons (Fsp3) is 0.471. The van der Waals surface area contributed by atoms with Crippen LogP contribution in [0.15, 0.2) is 28.7 Å². The molecule has 0 saturated carbocycles. The molecule has 6 heteroatoms. The first-order valence-corrected chi connectivity index (χ1v) is 8.57. The lowest BCUT2D eigenvalue weighted by atomic mass is 9.84. The standard InChI is InChI=1S/C17H21NO4S/c1-12-2-3-13(22-12)14-4-5-15(23-14)16(20)18-10-17(6-8-19)7-9-21-11-17/h2-5,19H,6-11H2,1H3,(H,18,20)/t17-/m1/s1. The van der Waals surface area contributed by atoms with Crippen LogP contribution < -0.4 is 5.32 Å². The summed E-state index contributed by atoms with van der Waals surface area (Å²) in [5.41, 5.74) is -0.136. The molecule has 2 aromatic heterocycles. The molecule has 3 rings (SSSR count). The minimum Gasteiger partial charge on any atom is -0.461 e. The first-order valence-electron chi connectivity index (χ1n) is 7.75. The van der Waals surface area contributed by atoms with E-state index in [9.17, 15) is 9.90 Å². The Bertz CT molecular complexity index is 670. The Labute approximate surface area is 139 Å². The number of hydrogen-bond donors (Lipinski definition) is 2. The van der Waals surface area contributed by atoms with Gasteiger partial charge < -0.3 is 19.6 Å². The van der Waals surface area contributed by atoms with Crippen LogP contribution in [0, 0.1) is 12.3 Å². The van der Waals surface area contributed by atoms with E-state index in [2.05, 4.69) is 5.32 Å². The van der Waals surface area contributed by atoms with Gasteiger partial charge in [0.05, 0.1) is 16.4 Å². The second kappa shape index (κ2) is 6.86. The third-order valence-electron chi connectivity index (χ3n) is 4.26. The van der Waals surface area contributed by atoms with E-state index in [1.807, 2.05) is 31.2 Å². The van der Waals surface area contributed by atoms with Crippen LogP contribution in [-0.4, -0.2) is 37.4 Å². The second-order valence-electron chi connectivity index (χ2n) is 6.03. The summed E-state index contributed by atoms with van der Waals surface area (Å²) < 4.78 is 11.0. The van der Waals surface area contributed by atoms with Crippen molar-refractivity contribution in [3.8, 4) is 10.6 Å². The third kappa shape index (κ3) is 3.65. The normalized spacial score (nSPS) is 20.8. The number of ether oxygens (including phenoxy) is 1. The zero-order valence-electron chi connectivity index (χ0n) is 13.1. The largest absolute Gasteiger partial charge is 0.461 e. The first kappa shape index (κ1) is 16.2. The van der Waals surface area contributed by atoms with E-state index < -0.39 is 0 Å². The van der Waals surface area contributed by atoms with Gasteiger partial charge >= 0.3 is 0 Å². The summed E-state index contributed by atoms with van der Waals surface area (Å²) in [4.78, 5) is 14.0. The van der Waals surface area contributed by atoms with E-state index in [-0.39, 0.29) is 17.9 Å². The summed E-state index contributed by atoms with van der Waals surface area (Å²) >= 11 is 1.42. The van der Waals surface area contributed by atoms with Crippen molar-refractivity contribution < 1.29 is 19.1 Å². The summed E-state index contributed by atoms with van der Waals surface area (Å²) in [6, 6.07) is 7.54. The number of aliphatic hydroxyl groups excluding tert-OH is 1. The summed E-state index contributed by atoms with van der Waals surface area (Å²) in [6.07, 6.45) is 1.52. The fourth-order valence-corrected chi connectivity index (χ4v) is 3.71. The summed E-state index contributed by atoms with van der Waals surface area (Å²) in [6.45, 7) is 3.82. The number of amides is 1. The molecule has 5 nitrogen and oxygen atoms in total. The zero-order valence-corrected chi connectivity index (χ0v) is 13.9. The number of furan rings is 1. The van der Waals surface area contributed by atoms with E-state index in [4.69, 9.17) is 9.15 Å².